The minimum atomic E-state index is -4.50. The Hall–Kier alpha value is -3.23. The summed E-state index contributed by atoms with van der Waals surface area (Å²) in [4.78, 5) is 22.8. The normalized spacial score (nSPS) is 15.6. The molecule has 3 aromatic rings. The summed E-state index contributed by atoms with van der Waals surface area (Å²) in [5.74, 6) is 1.63. The third-order valence-electron chi connectivity index (χ3n) is 5.22. The van der Waals surface area contributed by atoms with Crippen LogP contribution in [0.4, 0.5) is 13.2 Å². The highest BCUT2D eigenvalue weighted by molar-refractivity contribution is 5.92. The molecule has 0 radical (unpaired) electrons. The number of fused-ring (bicyclic) bond motifs is 1. The Morgan fingerprint density at radius 3 is 2.58 bits per heavy atom. The number of carbonyl (C=O) groups is 1. The zero-order chi connectivity index (χ0) is 22.0. The molecule has 162 valence electrons. The van der Waals surface area contributed by atoms with Crippen LogP contribution in [0.3, 0.4) is 0 Å². The van der Waals surface area contributed by atoms with Crippen LogP contribution in [0.1, 0.15) is 64.7 Å². The quantitative estimate of drug-likeness (QED) is 0.650. The van der Waals surface area contributed by atoms with Gasteiger partial charge >= 0.3 is 6.18 Å². The van der Waals surface area contributed by atoms with Gasteiger partial charge in [-0.2, -0.15) is 13.2 Å². The Kier molecular flexibility index (Phi) is 5.75. The third kappa shape index (κ3) is 5.10. The van der Waals surface area contributed by atoms with Gasteiger partial charge < -0.3 is 10.2 Å². The van der Waals surface area contributed by atoms with Crippen molar-refractivity contribution >= 4 is 5.91 Å². The van der Waals surface area contributed by atoms with Gasteiger partial charge in [0.05, 0.1) is 16.8 Å². The molecule has 1 amide bonds. The van der Waals surface area contributed by atoms with E-state index in [-0.39, 0.29) is 5.56 Å². The molecule has 2 aliphatic rings. The molecule has 6 nitrogen and oxygen atoms in total. The fraction of sp³-hybridized carbons (Fsp3) is 0.364. The summed E-state index contributed by atoms with van der Waals surface area (Å²) in [6.45, 7) is 0. The number of hydrogen-bond acceptors (Lipinski definition) is 5. The largest absolute Gasteiger partial charge is 0.441 e. The number of rotatable bonds is 3. The maximum Gasteiger partial charge on any atom is 0.417 e. The zero-order valence-corrected chi connectivity index (χ0v) is 16.7. The first-order valence-electron chi connectivity index (χ1n) is 10.1. The Morgan fingerprint density at radius 2 is 1.90 bits per heavy atom. The maximum atomic E-state index is 12.0. The van der Waals surface area contributed by atoms with Gasteiger partial charge in [0.15, 0.2) is 0 Å². The van der Waals surface area contributed by atoms with E-state index in [1.165, 1.54) is 37.1 Å². The highest BCUT2D eigenvalue weighted by atomic mass is 19.4. The molecule has 0 aliphatic heterocycles. The number of alkyl halides is 3. The second kappa shape index (κ2) is 8.49. The van der Waals surface area contributed by atoms with Gasteiger partial charge in [0, 0.05) is 42.2 Å². The molecule has 9 heteroatoms. The van der Waals surface area contributed by atoms with Crippen LogP contribution in [0.25, 0.3) is 11.5 Å². The lowest BCUT2D eigenvalue weighted by molar-refractivity contribution is -0.137. The van der Waals surface area contributed by atoms with E-state index < -0.39 is 17.6 Å². The van der Waals surface area contributed by atoms with Crippen LogP contribution in [0.5, 0.6) is 0 Å². The number of oxazole rings is 1. The second-order valence-electron chi connectivity index (χ2n) is 7.66. The maximum absolute atomic E-state index is 12.0. The van der Waals surface area contributed by atoms with Crippen molar-refractivity contribution in [3.63, 3.8) is 0 Å². The van der Waals surface area contributed by atoms with Crippen LogP contribution >= 0.6 is 0 Å². The van der Waals surface area contributed by atoms with E-state index in [4.69, 9.17) is 10.2 Å². The van der Waals surface area contributed by atoms with E-state index >= 15 is 0 Å². The Balaban J connectivity index is 0.000000159. The first-order valence-corrected chi connectivity index (χ1v) is 10.1. The van der Waals surface area contributed by atoms with Gasteiger partial charge in [-0.3, -0.25) is 14.8 Å². The zero-order valence-electron chi connectivity index (χ0n) is 16.7. The molecule has 3 heterocycles. The van der Waals surface area contributed by atoms with E-state index in [9.17, 15) is 18.0 Å². The summed E-state index contributed by atoms with van der Waals surface area (Å²) in [7, 11) is 0. The van der Waals surface area contributed by atoms with E-state index in [1.54, 1.807) is 0 Å². The molecular weight excluding hydrogens is 409 g/mol. The molecule has 3 aromatic heterocycles. The molecular formula is C22H21F3N4O2. The standard InChI is InChI=1S/C15H16N2O.C7H5F3N2O/c1-2-4-14-12(3-1)17-15(18-14)11-7-8-16-13(9-11)10-5-6-10;8-7(9,10)5-1-4(6(11)13)2-12-3-5/h7-10H,1-6H2;1-3H,(H2,11,13). The summed E-state index contributed by atoms with van der Waals surface area (Å²) in [5, 5.41) is 0. The lowest BCUT2D eigenvalue weighted by Crippen LogP contribution is -2.14. The van der Waals surface area contributed by atoms with Crippen LogP contribution in [0.15, 0.2) is 41.2 Å². The van der Waals surface area contributed by atoms with Crippen molar-refractivity contribution in [2.24, 2.45) is 5.73 Å². The number of nitrogens with two attached hydrogens (primary N) is 1. The average Bonchev–Trinajstić information content (AvgIpc) is 3.52. The molecule has 2 N–H and O–H groups in total. The van der Waals surface area contributed by atoms with Crippen molar-refractivity contribution in [3.05, 3.63) is 65.1 Å². The minimum Gasteiger partial charge on any atom is -0.441 e. The smallest absolute Gasteiger partial charge is 0.417 e. The van der Waals surface area contributed by atoms with Crippen molar-refractivity contribution < 1.29 is 22.4 Å². The van der Waals surface area contributed by atoms with Gasteiger partial charge in [-0.25, -0.2) is 4.98 Å². The van der Waals surface area contributed by atoms with Crippen LogP contribution in [-0.2, 0) is 19.0 Å². The summed E-state index contributed by atoms with van der Waals surface area (Å²) in [6, 6.07) is 4.81. The molecule has 0 bridgehead atoms. The predicted molar refractivity (Wildman–Crippen MR) is 106 cm³/mol. The monoisotopic (exact) mass is 430 g/mol. The topological polar surface area (TPSA) is 94.9 Å². The van der Waals surface area contributed by atoms with E-state index in [2.05, 4.69) is 21.0 Å². The van der Waals surface area contributed by atoms with Gasteiger partial charge in [-0.15, -0.1) is 0 Å². The molecule has 0 aromatic carbocycles. The number of halogens is 3. The number of carbonyl (C=O) groups excluding carboxylic acids is 1. The first kappa shape index (κ1) is 21.0. The highest BCUT2D eigenvalue weighted by Crippen LogP contribution is 2.40. The van der Waals surface area contributed by atoms with Gasteiger partial charge in [-0.05, 0) is 50.3 Å². The fourth-order valence-corrected chi connectivity index (χ4v) is 3.39. The number of nitrogens with zero attached hydrogens (tertiary/aromatic N) is 3. The van der Waals surface area contributed by atoms with Gasteiger partial charge in [0.25, 0.3) is 0 Å². The van der Waals surface area contributed by atoms with Gasteiger partial charge in [0.1, 0.15) is 5.76 Å². The number of amides is 1. The number of aromatic nitrogens is 3. The fourth-order valence-electron chi connectivity index (χ4n) is 3.39. The van der Waals surface area contributed by atoms with Crippen LogP contribution < -0.4 is 5.73 Å². The average molecular weight is 430 g/mol. The van der Waals surface area contributed by atoms with E-state index in [1.807, 2.05) is 12.3 Å². The lowest BCUT2D eigenvalue weighted by atomic mass is 10.0. The SMILES string of the molecule is NC(=O)c1cncc(C(F)(F)F)c1.c1cc(-c2nc3c(o2)CCCC3)cc(C2CC2)n1. The predicted octanol–water partition coefficient (Wildman–Crippen LogP) is 4.69. The number of hydrogen-bond donors (Lipinski definition) is 1. The molecule has 0 atom stereocenters. The van der Waals surface area contributed by atoms with Crippen molar-refractivity contribution in [2.75, 3.05) is 0 Å². The minimum absolute atomic E-state index is 0.255. The number of aryl methyl sites for hydroxylation is 2. The van der Waals surface area contributed by atoms with Crippen molar-refractivity contribution in [1.29, 1.82) is 0 Å². The number of primary amides is 1. The Bertz CT molecular complexity index is 1070. The molecule has 0 spiro atoms. The van der Waals surface area contributed by atoms with Gasteiger partial charge in [0.2, 0.25) is 11.8 Å². The molecule has 0 unspecified atom stereocenters. The Morgan fingerprint density at radius 1 is 1.13 bits per heavy atom. The summed E-state index contributed by atoms with van der Waals surface area (Å²) in [6.07, 6.45) is 6.13. The molecule has 5 rings (SSSR count). The van der Waals surface area contributed by atoms with Crippen molar-refractivity contribution in [2.45, 2.75) is 50.6 Å². The third-order valence-corrected chi connectivity index (χ3v) is 5.22. The van der Waals surface area contributed by atoms with Crippen molar-refractivity contribution in [3.8, 4) is 11.5 Å². The van der Waals surface area contributed by atoms with Crippen LogP contribution in [0, 0.1) is 0 Å². The number of pyridine rings is 2. The molecule has 31 heavy (non-hydrogen) atoms. The van der Waals surface area contributed by atoms with Crippen molar-refractivity contribution in [1.82, 2.24) is 15.0 Å². The summed E-state index contributed by atoms with van der Waals surface area (Å²) >= 11 is 0. The molecule has 2 aliphatic carbocycles. The highest BCUT2D eigenvalue weighted by Gasteiger charge is 2.31. The molecule has 0 saturated heterocycles. The molecule has 1 fully saturated rings. The summed E-state index contributed by atoms with van der Waals surface area (Å²) < 4.78 is 42.0. The first-order chi connectivity index (χ1) is 14.8. The second-order valence-corrected chi connectivity index (χ2v) is 7.66. The van der Waals surface area contributed by atoms with Gasteiger partial charge in [-0.1, -0.05) is 0 Å². The Labute approximate surface area is 176 Å². The summed E-state index contributed by atoms with van der Waals surface area (Å²) in [5.41, 5.74) is 6.99. The van der Waals surface area contributed by atoms with Crippen LogP contribution in [-0.4, -0.2) is 20.9 Å². The van der Waals surface area contributed by atoms with E-state index in [0.717, 1.165) is 36.3 Å². The molecule has 1 saturated carbocycles. The lowest BCUT2D eigenvalue weighted by Gasteiger charge is -2.05. The van der Waals surface area contributed by atoms with Crippen LogP contribution in [0.2, 0.25) is 0 Å². The van der Waals surface area contributed by atoms with E-state index in [0.29, 0.717) is 18.2 Å².